The van der Waals surface area contributed by atoms with Gasteiger partial charge in [-0.15, -0.1) is 0 Å². The Balaban J connectivity index is 2.09. The van der Waals surface area contributed by atoms with Crippen LogP contribution in [0.25, 0.3) is 0 Å². The summed E-state index contributed by atoms with van der Waals surface area (Å²) in [6, 6.07) is 7.90. The molecule has 1 heterocycles. The number of carbonyl (C=O) groups is 2. The first kappa shape index (κ1) is 18.5. The van der Waals surface area contributed by atoms with Crippen LogP contribution in [-0.4, -0.2) is 34.8 Å². The maximum atomic E-state index is 12.5. The highest BCUT2D eigenvalue weighted by molar-refractivity contribution is 6.39. The molecule has 0 aliphatic carbocycles. The summed E-state index contributed by atoms with van der Waals surface area (Å²) in [5, 5.41) is 3.49. The van der Waals surface area contributed by atoms with Crippen LogP contribution >= 0.6 is 34.8 Å². The van der Waals surface area contributed by atoms with Crippen molar-refractivity contribution in [3.8, 4) is 0 Å². The standard InChI is InChI=1S/C16H14Cl3N3O2/c1-2-22(16(24)10-6-7-20-13(19)8-10)9-14(23)21-15-11(17)4-3-5-12(15)18/h3-8H,2,9H2,1H3,(H,21,23). The first-order chi connectivity index (χ1) is 11.4. The lowest BCUT2D eigenvalue weighted by Crippen LogP contribution is -2.38. The maximum Gasteiger partial charge on any atom is 0.254 e. The van der Waals surface area contributed by atoms with Gasteiger partial charge in [0.05, 0.1) is 15.7 Å². The Morgan fingerprint density at radius 1 is 1.17 bits per heavy atom. The van der Waals surface area contributed by atoms with Crippen LogP contribution in [-0.2, 0) is 4.79 Å². The van der Waals surface area contributed by atoms with E-state index in [1.54, 1.807) is 31.2 Å². The zero-order valence-electron chi connectivity index (χ0n) is 12.7. The summed E-state index contributed by atoms with van der Waals surface area (Å²) in [4.78, 5) is 29.9. The third-order valence-corrected chi connectivity index (χ3v) is 4.04. The first-order valence-corrected chi connectivity index (χ1v) is 8.20. The molecule has 126 valence electrons. The fourth-order valence-corrected chi connectivity index (χ4v) is 2.68. The van der Waals surface area contributed by atoms with Crippen molar-refractivity contribution in [2.45, 2.75) is 6.92 Å². The van der Waals surface area contributed by atoms with Crippen molar-refractivity contribution in [2.24, 2.45) is 0 Å². The van der Waals surface area contributed by atoms with Crippen LogP contribution in [0, 0.1) is 0 Å². The number of para-hydroxylation sites is 1. The van der Waals surface area contributed by atoms with Gasteiger partial charge in [-0.3, -0.25) is 9.59 Å². The molecule has 1 N–H and O–H groups in total. The maximum absolute atomic E-state index is 12.5. The zero-order chi connectivity index (χ0) is 17.7. The largest absolute Gasteiger partial charge is 0.330 e. The Morgan fingerprint density at radius 3 is 2.42 bits per heavy atom. The third kappa shape index (κ3) is 4.60. The van der Waals surface area contributed by atoms with Crippen molar-refractivity contribution in [1.82, 2.24) is 9.88 Å². The summed E-state index contributed by atoms with van der Waals surface area (Å²) in [7, 11) is 0. The number of anilines is 1. The number of carbonyl (C=O) groups excluding carboxylic acids is 2. The number of halogens is 3. The highest BCUT2D eigenvalue weighted by Crippen LogP contribution is 2.29. The molecule has 2 rings (SSSR count). The van der Waals surface area contributed by atoms with E-state index in [0.717, 1.165) is 0 Å². The average Bonchev–Trinajstić information content (AvgIpc) is 2.55. The highest BCUT2D eigenvalue weighted by Gasteiger charge is 2.19. The lowest BCUT2D eigenvalue weighted by atomic mass is 10.2. The van der Waals surface area contributed by atoms with E-state index in [1.807, 2.05) is 0 Å². The van der Waals surface area contributed by atoms with E-state index in [9.17, 15) is 9.59 Å². The van der Waals surface area contributed by atoms with Gasteiger partial charge in [0.15, 0.2) is 0 Å². The lowest BCUT2D eigenvalue weighted by molar-refractivity contribution is -0.116. The van der Waals surface area contributed by atoms with Crippen molar-refractivity contribution in [2.75, 3.05) is 18.4 Å². The van der Waals surface area contributed by atoms with Crippen molar-refractivity contribution < 1.29 is 9.59 Å². The Bertz CT molecular complexity index is 748. The number of rotatable bonds is 5. The van der Waals surface area contributed by atoms with Crippen LogP contribution in [0.15, 0.2) is 36.5 Å². The Hall–Kier alpha value is -1.82. The molecule has 0 radical (unpaired) electrons. The number of pyridine rings is 1. The second-order valence-corrected chi connectivity index (χ2v) is 6.03. The van der Waals surface area contributed by atoms with Crippen molar-refractivity contribution in [3.63, 3.8) is 0 Å². The number of hydrogen-bond donors (Lipinski definition) is 1. The molecule has 0 saturated carbocycles. The number of hydrogen-bond acceptors (Lipinski definition) is 3. The normalized spacial score (nSPS) is 10.3. The van der Waals surface area contributed by atoms with Gasteiger partial charge in [0.25, 0.3) is 5.91 Å². The molecule has 24 heavy (non-hydrogen) atoms. The molecule has 0 bridgehead atoms. The number of amides is 2. The average molecular weight is 387 g/mol. The molecule has 2 aromatic rings. The zero-order valence-corrected chi connectivity index (χ0v) is 15.0. The van der Waals surface area contributed by atoms with Crippen molar-refractivity contribution in [1.29, 1.82) is 0 Å². The van der Waals surface area contributed by atoms with E-state index in [4.69, 9.17) is 34.8 Å². The molecule has 1 aromatic heterocycles. The smallest absolute Gasteiger partial charge is 0.254 e. The van der Waals surface area contributed by atoms with E-state index in [0.29, 0.717) is 27.8 Å². The molecule has 0 fully saturated rings. The minimum absolute atomic E-state index is 0.142. The van der Waals surface area contributed by atoms with Crippen LogP contribution < -0.4 is 5.32 Å². The van der Waals surface area contributed by atoms with Gasteiger partial charge in [-0.05, 0) is 31.2 Å². The second-order valence-electron chi connectivity index (χ2n) is 4.83. The quantitative estimate of drug-likeness (QED) is 0.785. The monoisotopic (exact) mass is 385 g/mol. The molecule has 0 unspecified atom stereocenters. The third-order valence-electron chi connectivity index (χ3n) is 3.20. The summed E-state index contributed by atoms with van der Waals surface area (Å²) in [6.07, 6.45) is 1.44. The van der Waals surface area contributed by atoms with Crippen LogP contribution in [0.3, 0.4) is 0 Å². The van der Waals surface area contributed by atoms with E-state index in [1.165, 1.54) is 17.2 Å². The molecule has 1 aromatic carbocycles. The van der Waals surface area contributed by atoms with Crippen LogP contribution in [0.5, 0.6) is 0 Å². The number of nitrogens with zero attached hydrogens (tertiary/aromatic N) is 2. The lowest BCUT2D eigenvalue weighted by Gasteiger charge is -2.21. The van der Waals surface area contributed by atoms with E-state index < -0.39 is 5.91 Å². The molecule has 2 amide bonds. The number of benzene rings is 1. The Labute approximate surface area is 154 Å². The summed E-state index contributed by atoms with van der Waals surface area (Å²) in [6.45, 7) is 1.98. The number of likely N-dealkylation sites (N-methyl/N-ethyl adjacent to an activating group) is 1. The van der Waals surface area contributed by atoms with Crippen molar-refractivity contribution >= 4 is 52.3 Å². The Morgan fingerprint density at radius 2 is 1.83 bits per heavy atom. The first-order valence-electron chi connectivity index (χ1n) is 7.07. The SMILES string of the molecule is CCN(CC(=O)Nc1c(Cl)cccc1Cl)C(=O)c1ccnc(Cl)c1. The van der Waals surface area contributed by atoms with Gasteiger partial charge in [0, 0.05) is 18.3 Å². The van der Waals surface area contributed by atoms with Crippen LogP contribution in [0.1, 0.15) is 17.3 Å². The summed E-state index contributed by atoms with van der Waals surface area (Å²) < 4.78 is 0. The van der Waals surface area contributed by atoms with Gasteiger partial charge in [0.2, 0.25) is 5.91 Å². The summed E-state index contributed by atoms with van der Waals surface area (Å²) >= 11 is 17.8. The molecule has 0 atom stereocenters. The molecular weight excluding hydrogens is 373 g/mol. The topological polar surface area (TPSA) is 62.3 Å². The van der Waals surface area contributed by atoms with E-state index >= 15 is 0 Å². The van der Waals surface area contributed by atoms with Gasteiger partial charge in [-0.25, -0.2) is 4.98 Å². The van der Waals surface area contributed by atoms with Gasteiger partial charge in [-0.2, -0.15) is 0 Å². The molecule has 0 spiro atoms. The molecule has 0 saturated heterocycles. The minimum Gasteiger partial charge on any atom is -0.330 e. The van der Waals surface area contributed by atoms with Gasteiger partial charge in [0.1, 0.15) is 11.7 Å². The molecule has 8 heteroatoms. The number of aromatic nitrogens is 1. The second kappa shape index (κ2) is 8.33. The van der Waals surface area contributed by atoms with Gasteiger partial charge < -0.3 is 10.2 Å². The number of nitrogens with one attached hydrogen (secondary N) is 1. The predicted molar refractivity (Wildman–Crippen MR) is 95.9 cm³/mol. The molecule has 0 aliphatic rings. The fourth-order valence-electron chi connectivity index (χ4n) is 2.01. The summed E-state index contributed by atoms with van der Waals surface area (Å²) in [5.41, 5.74) is 0.682. The van der Waals surface area contributed by atoms with Crippen molar-refractivity contribution in [3.05, 3.63) is 57.3 Å². The van der Waals surface area contributed by atoms with Crippen LogP contribution in [0.4, 0.5) is 5.69 Å². The van der Waals surface area contributed by atoms with Gasteiger partial charge >= 0.3 is 0 Å². The molecular formula is C16H14Cl3N3O2. The Kier molecular flexibility index (Phi) is 6.43. The molecule has 0 aliphatic heterocycles. The van der Waals surface area contributed by atoms with E-state index in [2.05, 4.69) is 10.3 Å². The fraction of sp³-hybridized carbons (Fsp3) is 0.188. The predicted octanol–water partition coefficient (Wildman–Crippen LogP) is 4.14. The highest BCUT2D eigenvalue weighted by atomic mass is 35.5. The van der Waals surface area contributed by atoms with E-state index in [-0.39, 0.29) is 17.6 Å². The molecule has 5 nitrogen and oxygen atoms in total. The summed E-state index contributed by atoms with van der Waals surface area (Å²) in [5.74, 6) is -0.720. The van der Waals surface area contributed by atoms with Gasteiger partial charge in [-0.1, -0.05) is 40.9 Å². The van der Waals surface area contributed by atoms with Crippen LogP contribution in [0.2, 0.25) is 15.2 Å². The minimum atomic E-state index is -0.402.